The largest absolute Gasteiger partial charge is 0.453 e. The van der Waals surface area contributed by atoms with Crippen LogP contribution in [0.5, 0.6) is 0 Å². The van der Waals surface area contributed by atoms with E-state index >= 15 is 0 Å². The lowest BCUT2D eigenvalue weighted by Crippen LogP contribution is -2.11. The van der Waals surface area contributed by atoms with E-state index in [-0.39, 0.29) is 4.96 Å². The average molecular weight is 342 g/mol. The second kappa shape index (κ2) is 4.61. The second-order valence-electron chi connectivity index (χ2n) is 4.27. The van der Waals surface area contributed by atoms with E-state index in [0.29, 0.717) is 20.9 Å². The van der Waals surface area contributed by atoms with Gasteiger partial charge in [-0.3, -0.25) is 5.10 Å². The van der Waals surface area contributed by atoms with Gasteiger partial charge in [-0.1, -0.05) is 17.4 Å². The zero-order valence-electron chi connectivity index (χ0n) is 10.5. The van der Waals surface area contributed by atoms with Gasteiger partial charge in [-0.15, -0.1) is 21.5 Å². The molecular weight excluding hydrogens is 337 g/mol. The molecule has 0 aliphatic carbocycles. The number of nitrogens with zero attached hydrogens (tertiary/aromatic N) is 5. The molecule has 0 saturated heterocycles. The van der Waals surface area contributed by atoms with Gasteiger partial charge in [0.15, 0.2) is 5.01 Å². The predicted molar refractivity (Wildman–Crippen MR) is 74.6 cm³/mol. The molecule has 0 atom stereocenters. The lowest BCUT2D eigenvalue weighted by molar-refractivity contribution is -0.146. The van der Waals surface area contributed by atoms with E-state index in [2.05, 4.69) is 25.5 Å². The second-order valence-corrected chi connectivity index (χ2v) is 6.17. The Kier molecular flexibility index (Phi) is 2.81. The van der Waals surface area contributed by atoms with Gasteiger partial charge in [-0.05, 0) is 17.5 Å². The molecule has 112 valence electrons. The summed E-state index contributed by atoms with van der Waals surface area (Å²) >= 11 is 2.53. The van der Waals surface area contributed by atoms with Crippen LogP contribution < -0.4 is 0 Å². The Morgan fingerprint density at radius 1 is 1.23 bits per heavy atom. The van der Waals surface area contributed by atoms with Crippen LogP contribution in [0.2, 0.25) is 0 Å². The highest BCUT2D eigenvalue weighted by Gasteiger charge is 2.38. The first-order chi connectivity index (χ1) is 10.5. The minimum absolute atomic E-state index is 0.0783. The predicted octanol–water partition coefficient (Wildman–Crippen LogP) is 3.32. The van der Waals surface area contributed by atoms with E-state index in [1.807, 2.05) is 17.5 Å². The first kappa shape index (κ1) is 13.4. The minimum atomic E-state index is -4.60. The first-order valence-electron chi connectivity index (χ1n) is 5.91. The van der Waals surface area contributed by atoms with Gasteiger partial charge in [-0.2, -0.15) is 27.9 Å². The monoisotopic (exact) mass is 342 g/mol. The number of aromatic amines is 1. The molecule has 4 rings (SSSR count). The smallest absolute Gasteiger partial charge is 0.275 e. The summed E-state index contributed by atoms with van der Waals surface area (Å²) in [6, 6.07) is 5.54. The van der Waals surface area contributed by atoms with Gasteiger partial charge in [-0.25, -0.2) is 0 Å². The van der Waals surface area contributed by atoms with Gasteiger partial charge in [0.1, 0.15) is 5.69 Å². The van der Waals surface area contributed by atoms with Crippen LogP contribution in [-0.2, 0) is 6.18 Å². The highest BCUT2D eigenvalue weighted by Crippen LogP contribution is 2.32. The van der Waals surface area contributed by atoms with Crippen molar-refractivity contribution >= 4 is 27.6 Å². The molecule has 11 heteroatoms. The molecule has 0 radical (unpaired) electrons. The normalized spacial score (nSPS) is 12.3. The number of nitrogens with one attached hydrogen (secondary N) is 1. The van der Waals surface area contributed by atoms with Gasteiger partial charge < -0.3 is 0 Å². The van der Waals surface area contributed by atoms with Crippen molar-refractivity contribution in [3.05, 3.63) is 29.4 Å². The van der Waals surface area contributed by atoms with E-state index in [1.54, 1.807) is 6.07 Å². The van der Waals surface area contributed by atoms with E-state index < -0.39 is 12.0 Å². The fourth-order valence-electron chi connectivity index (χ4n) is 1.88. The Morgan fingerprint density at radius 2 is 2.09 bits per heavy atom. The number of aromatic nitrogens is 6. The summed E-state index contributed by atoms with van der Waals surface area (Å²) in [5.41, 5.74) is 1.25. The maximum Gasteiger partial charge on any atom is 0.453 e. The molecule has 1 N–H and O–H groups in total. The summed E-state index contributed by atoms with van der Waals surface area (Å²) in [4.78, 5) is 1.04. The minimum Gasteiger partial charge on any atom is -0.275 e. The van der Waals surface area contributed by atoms with Crippen molar-refractivity contribution in [1.82, 2.24) is 30.0 Å². The topological polar surface area (TPSA) is 71.8 Å². The zero-order chi connectivity index (χ0) is 15.3. The molecule has 4 heterocycles. The molecule has 6 nitrogen and oxygen atoms in total. The van der Waals surface area contributed by atoms with Gasteiger partial charge in [0.25, 0.3) is 5.82 Å². The molecule has 0 saturated carbocycles. The maximum atomic E-state index is 12.8. The number of hydrogen-bond donors (Lipinski definition) is 1. The van der Waals surface area contributed by atoms with Gasteiger partial charge in [0, 0.05) is 0 Å². The number of rotatable bonds is 2. The van der Waals surface area contributed by atoms with E-state index in [1.165, 1.54) is 11.3 Å². The number of hydrogen-bond acceptors (Lipinski definition) is 6. The Bertz CT molecular complexity index is 933. The quantitative estimate of drug-likeness (QED) is 0.606. The Hall–Kier alpha value is -2.27. The Balaban J connectivity index is 1.77. The Labute approximate surface area is 128 Å². The lowest BCUT2D eigenvalue weighted by Gasteiger charge is -1.99. The van der Waals surface area contributed by atoms with Crippen LogP contribution in [0.15, 0.2) is 23.6 Å². The standard InChI is InChI=1S/C11H5F3N6S2/c12-11(13,14)9-17-18-10-20(9)19-8(22-10)6-4-5(15-16-6)7-2-1-3-21-7/h1-4H,(H,15,16). The highest BCUT2D eigenvalue weighted by molar-refractivity contribution is 7.19. The van der Waals surface area contributed by atoms with Gasteiger partial charge in [0.05, 0.1) is 10.6 Å². The van der Waals surface area contributed by atoms with Crippen LogP contribution in [0, 0.1) is 0 Å². The molecule has 0 unspecified atom stereocenters. The van der Waals surface area contributed by atoms with Crippen molar-refractivity contribution < 1.29 is 13.2 Å². The lowest BCUT2D eigenvalue weighted by atomic mass is 10.3. The van der Waals surface area contributed by atoms with Crippen LogP contribution in [-0.4, -0.2) is 30.0 Å². The van der Waals surface area contributed by atoms with Crippen LogP contribution in [0.1, 0.15) is 5.82 Å². The molecule has 4 aromatic rings. The molecule has 0 bridgehead atoms. The van der Waals surface area contributed by atoms with Crippen molar-refractivity contribution in [3.63, 3.8) is 0 Å². The molecule has 0 fully saturated rings. The summed E-state index contributed by atoms with van der Waals surface area (Å²) in [7, 11) is 0. The average Bonchev–Trinajstić information content (AvgIpc) is 3.20. The van der Waals surface area contributed by atoms with Crippen molar-refractivity contribution in [2.45, 2.75) is 6.18 Å². The third-order valence-corrected chi connectivity index (χ3v) is 4.65. The summed E-state index contributed by atoms with van der Waals surface area (Å²) in [6.07, 6.45) is -4.60. The Morgan fingerprint density at radius 3 is 2.82 bits per heavy atom. The molecule has 4 aromatic heterocycles. The van der Waals surface area contributed by atoms with E-state index in [4.69, 9.17) is 0 Å². The van der Waals surface area contributed by atoms with Gasteiger partial charge >= 0.3 is 6.18 Å². The zero-order valence-corrected chi connectivity index (χ0v) is 12.1. The summed E-state index contributed by atoms with van der Waals surface area (Å²) in [6.45, 7) is 0. The fourth-order valence-corrected chi connectivity index (χ4v) is 3.38. The van der Waals surface area contributed by atoms with Crippen molar-refractivity contribution in [1.29, 1.82) is 0 Å². The van der Waals surface area contributed by atoms with Gasteiger partial charge in [0.2, 0.25) is 4.96 Å². The molecule has 0 aliphatic rings. The number of H-pyrrole nitrogens is 1. The molecule has 22 heavy (non-hydrogen) atoms. The van der Waals surface area contributed by atoms with Crippen LogP contribution in [0.4, 0.5) is 13.2 Å². The number of fused-ring (bicyclic) bond motifs is 1. The number of thiophene rings is 1. The molecule has 0 aromatic carbocycles. The van der Waals surface area contributed by atoms with Crippen LogP contribution >= 0.6 is 22.7 Å². The van der Waals surface area contributed by atoms with Crippen LogP contribution in [0.3, 0.4) is 0 Å². The molecule has 0 aliphatic heterocycles. The van der Waals surface area contributed by atoms with Crippen molar-refractivity contribution in [2.75, 3.05) is 0 Å². The highest BCUT2D eigenvalue weighted by atomic mass is 32.1. The maximum absolute atomic E-state index is 12.8. The first-order valence-corrected chi connectivity index (χ1v) is 7.61. The molecular formula is C11H5F3N6S2. The molecule has 0 spiro atoms. The number of halogens is 3. The van der Waals surface area contributed by atoms with Crippen molar-refractivity contribution in [3.8, 4) is 21.3 Å². The third kappa shape index (κ3) is 2.09. The third-order valence-electron chi connectivity index (χ3n) is 2.83. The van der Waals surface area contributed by atoms with E-state index in [0.717, 1.165) is 16.2 Å². The summed E-state index contributed by atoms with van der Waals surface area (Å²) < 4.78 is 39.0. The SMILES string of the molecule is FC(F)(F)c1nnc2sc(-c3cc(-c4cccs4)n[nH]3)nn12. The number of alkyl halides is 3. The summed E-state index contributed by atoms with van der Waals surface area (Å²) in [5.74, 6) is -1.14. The fraction of sp³-hybridized carbons (Fsp3) is 0.0909. The summed E-state index contributed by atoms with van der Waals surface area (Å²) in [5, 5.41) is 19.8. The van der Waals surface area contributed by atoms with E-state index in [9.17, 15) is 13.2 Å². The van der Waals surface area contributed by atoms with Crippen LogP contribution in [0.25, 0.3) is 26.2 Å². The molecule has 0 amide bonds. The van der Waals surface area contributed by atoms with Crippen molar-refractivity contribution in [2.24, 2.45) is 0 Å².